The van der Waals surface area contributed by atoms with Crippen LogP contribution in [0, 0.1) is 5.92 Å². The quantitative estimate of drug-likeness (QED) is 0.0222. The van der Waals surface area contributed by atoms with Crippen molar-refractivity contribution >= 4 is 39.5 Å². The molecule has 3 N–H and O–H groups in total. The molecule has 19 heteroatoms. The molecule has 0 heterocycles. The minimum atomic E-state index is -4.96. The van der Waals surface area contributed by atoms with E-state index in [0.717, 1.165) is 102 Å². The Morgan fingerprint density at radius 1 is 0.257 bits per heavy atom. The number of esters is 4. The van der Waals surface area contributed by atoms with Crippen LogP contribution < -0.4 is 0 Å². The Morgan fingerprint density at radius 3 is 0.648 bits per heavy atom. The smallest absolute Gasteiger partial charge is 0.462 e. The third-order valence-corrected chi connectivity index (χ3v) is 22.2. The molecule has 0 fully saturated rings. The van der Waals surface area contributed by atoms with Crippen molar-refractivity contribution in [3.8, 4) is 0 Å². The monoisotopic (exact) mass is 1540 g/mol. The lowest BCUT2D eigenvalue weighted by molar-refractivity contribution is -0.161. The molecule has 17 nitrogen and oxygen atoms in total. The summed E-state index contributed by atoms with van der Waals surface area (Å²) >= 11 is 0. The van der Waals surface area contributed by atoms with E-state index in [1.165, 1.54) is 283 Å². The van der Waals surface area contributed by atoms with Gasteiger partial charge >= 0.3 is 39.5 Å². The third kappa shape index (κ3) is 79.9. The van der Waals surface area contributed by atoms with Crippen molar-refractivity contribution in [1.82, 2.24) is 0 Å². The van der Waals surface area contributed by atoms with Crippen molar-refractivity contribution < 1.29 is 80.2 Å². The Balaban J connectivity index is 5.09. The molecule has 105 heavy (non-hydrogen) atoms. The molecular formula is C86H168O17P2. The molecule has 0 aromatic carbocycles. The highest BCUT2D eigenvalue weighted by Crippen LogP contribution is 2.45. The largest absolute Gasteiger partial charge is 0.472 e. The van der Waals surface area contributed by atoms with Crippen LogP contribution in [0.5, 0.6) is 0 Å². The van der Waals surface area contributed by atoms with Gasteiger partial charge in [0.15, 0.2) is 12.2 Å². The second kappa shape index (κ2) is 78.7. The summed E-state index contributed by atoms with van der Waals surface area (Å²) < 4.78 is 68.6. The van der Waals surface area contributed by atoms with E-state index in [-0.39, 0.29) is 25.7 Å². The molecule has 0 saturated carbocycles. The number of rotatable bonds is 86. The van der Waals surface area contributed by atoms with Gasteiger partial charge in [0.1, 0.15) is 19.3 Å². The van der Waals surface area contributed by atoms with E-state index in [9.17, 15) is 43.2 Å². The van der Waals surface area contributed by atoms with Crippen molar-refractivity contribution in [2.24, 2.45) is 5.92 Å². The first-order chi connectivity index (χ1) is 51.0. The van der Waals surface area contributed by atoms with Gasteiger partial charge in [0.2, 0.25) is 0 Å². The number of hydrogen-bond acceptors (Lipinski definition) is 15. The van der Waals surface area contributed by atoms with E-state index in [1.54, 1.807) is 0 Å². The fourth-order valence-corrected chi connectivity index (χ4v) is 15.1. The van der Waals surface area contributed by atoms with E-state index < -0.39 is 97.5 Å². The molecule has 2 unspecified atom stereocenters. The maximum atomic E-state index is 13.1. The zero-order chi connectivity index (χ0) is 76.9. The van der Waals surface area contributed by atoms with Crippen LogP contribution in [0.15, 0.2) is 0 Å². The minimum Gasteiger partial charge on any atom is -0.462 e. The SMILES string of the molecule is CCCCCCCCCCCCCCCCCCCCCCCCC(=O)OC[C@H](COP(=O)(O)OC[C@@H](O)COP(=O)(O)OC[C@@H](COC(=O)CCCCCCC)OC(=O)CCCCCCCCCCCCCCCC(C)C)OC(=O)CCCCCCCCCCCCCCCCCCCCCCCC. The van der Waals surface area contributed by atoms with Gasteiger partial charge in [-0.25, -0.2) is 9.13 Å². The van der Waals surface area contributed by atoms with E-state index in [0.29, 0.717) is 25.7 Å². The molecule has 0 aliphatic rings. The average Bonchev–Trinajstić information content (AvgIpc) is 0.914. The Hall–Kier alpha value is -1.94. The maximum absolute atomic E-state index is 13.1. The first kappa shape index (κ1) is 103. The van der Waals surface area contributed by atoms with Gasteiger partial charge in [-0.2, -0.15) is 0 Å². The lowest BCUT2D eigenvalue weighted by Crippen LogP contribution is -2.30. The number of aliphatic hydroxyl groups excluding tert-OH is 1. The van der Waals surface area contributed by atoms with Gasteiger partial charge < -0.3 is 33.8 Å². The average molecular weight is 1540 g/mol. The maximum Gasteiger partial charge on any atom is 0.472 e. The first-order valence-corrected chi connectivity index (χ1v) is 47.6. The van der Waals surface area contributed by atoms with Crippen molar-refractivity contribution in [2.45, 2.75) is 483 Å². The normalized spacial score (nSPS) is 13.8. The van der Waals surface area contributed by atoms with Gasteiger partial charge in [-0.15, -0.1) is 0 Å². The van der Waals surface area contributed by atoms with Gasteiger partial charge in [-0.05, 0) is 31.6 Å². The first-order valence-electron chi connectivity index (χ1n) is 44.6. The summed E-state index contributed by atoms with van der Waals surface area (Å²) in [5.74, 6) is -1.33. The molecule has 0 radical (unpaired) electrons. The summed E-state index contributed by atoms with van der Waals surface area (Å²) in [6.45, 7) is 7.27. The van der Waals surface area contributed by atoms with Crippen LogP contribution >= 0.6 is 15.6 Å². The zero-order valence-electron chi connectivity index (χ0n) is 68.9. The van der Waals surface area contributed by atoms with Gasteiger partial charge in [0.25, 0.3) is 0 Å². The van der Waals surface area contributed by atoms with Crippen molar-refractivity contribution in [2.75, 3.05) is 39.6 Å². The lowest BCUT2D eigenvalue weighted by atomic mass is 10.0. The standard InChI is InChI=1S/C86H168O17P2/c1-6-9-12-15-17-19-21-23-25-27-29-31-33-35-37-39-43-47-51-55-60-65-70-84(89)97-76-82(103-86(91)72-66-61-56-52-48-44-40-38-36-34-32-30-28-26-24-22-20-18-16-13-10-7-2)78-101-105(94,95)99-74-80(87)73-98-104(92,93)100-77-81(75-96-83(88)69-64-58-14-11-8-3)102-85(90)71-67-62-57-53-49-45-41-42-46-50-54-59-63-68-79(4)5/h79-82,87H,6-78H2,1-5H3,(H,92,93)(H,94,95)/t80-,81+,82+/m0/s1. The van der Waals surface area contributed by atoms with Crippen LogP contribution in [0.1, 0.15) is 465 Å². The Bertz CT molecular complexity index is 2000. The number of aliphatic hydroxyl groups is 1. The molecule has 0 aromatic heterocycles. The number of carbonyl (C=O) groups is 4. The minimum absolute atomic E-state index is 0.107. The summed E-state index contributed by atoms with van der Waals surface area (Å²) in [5, 5.41) is 10.6. The molecule has 5 atom stereocenters. The van der Waals surface area contributed by atoms with Gasteiger partial charge in [0, 0.05) is 25.7 Å². The van der Waals surface area contributed by atoms with E-state index >= 15 is 0 Å². The number of phosphoric ester groups is 2. The Labute approximate surface area is 645 Å². The van der Waals surface area contributed by atoms with Crippen LogP contribution in [0.3, 0.4) is 0 Å². The van der Waals surface area contributed by atoms with Crippen molar-refractivity contribution in [3.63, 3.8) is 0 Å². The van der Waals surface area contributed by atoms with Crippen LogP contribution in [0.4, 0.5) is 0 Å². The second-order valence-electron chi connectivity index (χ2n) is 31.4. The summed E-state index contributed by atoms with van der Waals surface area (Å²) in [6.07, 6.45) is 73.0. The summed E-state index contributed by atoms with van der Waals surface area (Å²) in [7, 11) is -9.91. The summed E-state index contributed by atoms with van der Waals surface area (Å²) in [6, 6.07) is 0. The van der Waals surface area contributed by atoms with Crippen LogP contribution in [0.25, 0.3) is 0 Å². The highest BCUT2D eigenvalue weighted by Gasteiger charge is 2.30. The number of carbonyl (C=O) groups excluding carboxylic acids is 4. The molecule has 0 saturated heterocycles. The second-order valence-corrected chi connectivity index (χ2v) is 34.3. The molecule has 0 aliphatic heterocycles. The summed E-state index contributed by atoms with van der Waals surface area (Å²) in [5.41, 5.74) is 0. The molecule has 0 rings (SSSR count). The predicted molar refractivity (Wildman–Crippen MR) is 432 cm³/mol. The third-order valence-electron chi connectivity index (χ3n) is 20.3. The van der Waals surface area contributed by atoms with Crippen molar-refractivity contribution in [1.29, 1.82) is 0 Å². The molecule has 0 amide bonds. The number of ether oxygens (including phenoxy) is 4. The molecule has 0 aliphatic carbocycles. The van der Waals surface area contributed by atoms with Crippen LogP contribution in [-0.2, 0) is 65.4 Å². The van der Waals surface area contributed by atoms with Gasteiger partial charge in [0.05, 0.1) is 26.4 Å². The van der Waals surface area contributed by atoms with Gasteiger partial charge in [-0.3, -0.25) is 37.3 Å². The molecule has 0 spiro atoms. The number of hydrogen-bond donors (Lipinski definition) is 3. The highest BCUT2D eigenvalue weighted by atomic mass is 31.2. The Morgan fingerprint density at radius 2 is 0.438 bits per heavy atom. The number of unbranched alkanes of at least 4 members (excludes halogenated alkanes) is 58. The molecule has 624 valence electrons. The fourth-order valence-electron chi connectivity index (χ4n) is 13.5. The van der Waals surface area contributed by atoms with Gasteiger partial charge in [-0.1, -0.05) is 413 Å². The summed E-state index contributed by atoms with van der Waals surface area (Å²) in [4.78, 5) is 72.9. The van der Waals surface area contributed by atoms with E-state index in [4.69, 9.17) is 37.0 Å². The zero-order valence-corrected chi connectivity index (χ0v) is 70.7. The molecule has 0 bridgehead atoms. The topological polar surface area (TPSA) is 237 Å². The van der Waals surface area contributed by atoms with E-state index in [2.05, 4.69) is 34.6 Å². The van der Waals surface area contributed by atoms with Crippen LogP contribution in [0.2, 0.25) is 0 Å². The van der Waals surface area contributed by atoms with E-state index in [1.807, 2.05) is 0 Å². The predicted octanol–water partition coefficient (Wildman–Crippen LogP) is 26.4. The Kier molecular flexibility index (Phi) is 77.3. The molecular weight excluding hydrogens is 1370 g/mol. The molecule has 0 aromatic rings. The lowest BCUT2D eigenvalue weighted by Gasteiger charge is -2.21. The van der Waals surface area contributed by atoms with Crippen molar-refractivity contribution in [3.05, 3.63) is 0 Å². The fraction of sp³-hybridized carbons (Fsp3) is 0.953. The highest BCUT2D eigenvalue weighted by molar-refractivity contribution is 7.47. The number of phosphoric acid groups is 2. The van der Waals surface area contributed by atoms with Crippen LogP contribution in [-0.4, -0.2) is 96.7 Å².